The molecule has 1 aliphatic heterocycles. The number of pyridine rings is 1. The Morgan fingerprint density at radius 2 is 1.88 bits per heavy atom. The molecule has 2 heterocycles. The largest absolute Gasteiger partial charge is 0.325 e. The van der Waals surface area contributed by atoms with Crippen LogP contribution in [0, 0.1) is 0 Å². The molecule has 6 heteroatoms. The summed E-state index contributed by atoms with van der Waals surface area (Å²) in [5, 5.41) is 3.87. The van der Waals surface area contributed by atoms with Crippen molar-refractivity contribution in [3.05, 3.63) is 58.3 Å². The fraction of sp³-hybridized carbons (Fsp3) is 0.333. The number of nitrogens with zero attached hydrogens (tertiary/aromatic N) is 2. The first kappa shape index (κ1) is 17.2. The molecule has 0 spiro atoms. The number of hydrogen-bond acceptors (Lipinski definition) is 3. The molecule has 0 aliphatic carbocycles. The lowest BCUT2D eigenvalue weighted by Crippen LogP contribution is -2.38. The molecule has 3 rings (SSSR count). The smallest absolute Gasteiger partial charge is 0.238 e. The van der Waals surface area contributed by atoms with Gasteiger partial charge in [-0.3, -0.25) is 14.7 Å². The second-order valence-electron chi connectivity index (χ2n) is 6.01. The zero-order valence-electron chi connectivity index (χ0n) is 13.2. The highest BCUT2D eigenvalue weighted by Gasteiger charge is 2.22. The molecule has 1 aromatic heterocycles. The maximum Gasteiger partial charge on any atom is 0.238 e. The van der Waals surface area contributed by atoms with Crippen LogP contribution in [0.3, 0.4) is 0 Å². The molecule has 0 unspecified atom stereocenters. The van der Waals surface area contributed by atoms with E-state index >= 15 is 0 Å². The zero-order chi connectivity index (χ0) is 16.9. The van der Waals surface area contributed by atoms with E-state index in [-0.39, 0.29) is 5.91 Å². The minimum atomic E-state index is -0.0513. The number of aromatic nitrogens is 1. The molecule has 0 radical (unpaired) electrons. The SMILES string of the molecule is O=C(CN1CCC(c2ccccn2)CC1)Nc1cc(Cl)cc(Cl)c1. The van der Waals surface area contributed by atoms with Crippen molar-refractivity contribution in [2.24, 2.45) is 0 Å². The van der Waals surface area contributed by atoms with Gasteiger partial charge < -0.3 is 5.32 Å². The van der Waals surface area contributed by atoms with Crippen LogP contribution in [0.1, 0.15) is 24.5 Å². The Bertz CT molecular complexity index is 680. The molecule has 1 fully saturated rings. The van der Waals surface area contributed by atoms with Crippen LogP contribution in [0.25, 0.3) is 0 Å². The van der Waals surface area contributed by atoms with Gasteiger partial charge in [-0.1, -0.05) is 29.3 Å². The lowest BCUT2D eigenvalue weighted by Gasteiger charge is -2.31. The van der Waals surface area contributed by atoms with Crippen molar-refractivity contribution in [3.8, 4) is 0 Å². The van der Waals surface area contributed by atoms with Gasteiger partial charge >= 0.3 is 0 Å². The van der Waals surface area contributed by atoms with Gasteiger partial charge in [0.15, 0.2) is 0 Å². The summed E-state index contributed by atoms with van der Waals surface area (Å²) in [6.07, 6.45) is 3.88. The van der Waals surface area contributed by atoms with E-state index in [9.17, 15) is 4.79 Å². The van der Waals surface area contributed by atoms with Crippen molar-refractivity contribution in [1.82, 2.24) is 9.88 Å². The number of halogens is 2. The highest BCUT2D eigenvalue weighted by Crippen LogP contribution is 2.26. The summed E-state index contributed by atoms with van der Waals surface area (Å²) >= 11 is 11.9. The van der Waals surface area contributed by atoms with Crippen LogP contribution in [0.15, 0.2) is 42.6 Å². The molecule has 1 aliphatic rings. The quantitative estimate of drug-likeness (QED) is 0.884. The van der Waals surface area contributed by atoms with Gasteiger partial charge in [-0.05, 0) is 56.3 Å². The summed E-state index contributed by atoms with van der Waals surface area (Å²) in [5.41, 5.74) is 1.77. The molecule has 0 atom stereocenters. The molecule has 126 valence electrons. The Hall–Kier alpha value is -1.62. The van der Waals surface area contributed by atoms with E-state index in [1.165, 1.54) is 0 Å². The molecule has 0 saturated carbocycles. The van der Waals surface area contributed by atoms with Gasteiger partial charge in [0, 0.05) is 33.5 Å². The third kappa shape index (κ3) is 4.69. The summed E-state index contributed by atoms with van der Waals surface area (Å²) in [6.45, 7) is 2.16. The Kier molecular flexibility index (Phi) is 5.72. The maximum atomic E-state index is 12.2. The van der Waals surface area contributed by atoms with Crippen LogP contribution >= 0.6 is 23.2 Å². The van der Waals surface area contributed by atoms with Crippen molar-refractivity contribution >= 4 is 34.8 Å². The Morgan fingerprint density at radius 1 is 1.17 bits per heavy atom. The molecule has 1 amide bonds. The number of piperidine rings is 1. The van der Waals surface area contributed by atoms with Crippen molar-refractivity contribution in [2.75, 3.05) is 25.0 Å². The first-order valence-electron chi connectivity index (χ1n) is 7.99. The van der Waals surface area contributed by atoms with E-state index in [1.54, 1.807) is 18.2 Å². The third-order valence-electron chi connectivity index (χ3n) is 4.21. The summed E-state index contributed by atoms with van der Waals surface area (Å²) < 4.78 is 0. The summed E-state index contributed by atoms with van der Waals surface area (Å²) in [4.78, 5) is 18.8. The van der Waals surface area contributed by atoms with E-state index in [2.05, 4.69) is 21.3 Å². The number of likely N-dealkylation sites (tertiary alicyclic amines) is 1. The minimum absolute atomic E-state index is 0.0513. The van der Waals surface area contributed by atoms with Crippen LogP contribution in [0.5, 0.6) is 0 Å². The van der Waals surface area contributed by atoms with E-state index in [0.29, 0.717) is 28.2 Å². The van der Waals surface area contributed by atoms with Gasteiger partial charge in [-0.15, -0.1) is 0 Å². The van der Waals surface area contributed by atoms with Crippen molar-refractivity contribution in [3.63, 3.8) is 0 Å². The minimum Gasteiger partial charge on any atom is -0.325 e. The number of nitrogens with one attached hydrogen (secondary N) is 1. The molecule has 4 nitrogen and oxygen atoms in total. The predicted molar refractivity (Wildman–Crippen MR) is 97.7 cm³/mol. The first-order valence-corrected chi connectivity index (χ1v) is 8.75. The van der Waals surface area contributed by atoms with Gasteiger partial charge in [0.1, 0.15) is 0 Å². The van der Waals surface area contributed by atoms with Gasteiger partial charge in [0.05, 0.1) is 6.54 Å². The molecule has 1 saturated heterocycles. The number of hydrogen-bond donors (Lipinski definition) is 1. The third-order valence-corrected chi connectivity index (χ3v) is 4.64. The van der Waals surface area contributed by atoms with E-state index in [4.69, 9.17) is 23.2 Å². The molecular weight excluding hydrogens is 345 g/mol. The molecular formula is C18H19Cl2N3O. The van der Waals surface area contributed by atoms with Gasteiger partial charge in [0.25, 0.3) is 0 Å². The highest BCUT2D eigenvalue weighted by atomic mass is 35.5. The number of carbonyl (C=O) groups excluding carboxylic acids is 1. The summed E-state index contributed by atoms with van der Waals surface area (Å²) in [6, 6.07) is 11.1. The standard InChI is InChI=1S/C18H19Cl2N3O/c19-14-9-15(20)11-16(10-14)22-18(24)12-23-7-4-13(5-8-23)17-3-1-2-6-21-17/h1-3,6,9-11,13H,4-5,7-8,12H2,(H,22,24). The summed E-state index contributed by atoms with van der Waals surface area (Å²) in [7, 11) is 0. The average Bonchev–Trinajstić information content (AvgIpc) is 2.55. The predicted octanol–water partition coefficient (Wildman–Crippen LogP) is 4.21. The van der Waals surface area contributed by atoms with Crippen LogP contribution < -0.4 is 5.32 Å². The van der Waals surface area contributed by atoms with Gasteiger partial charge in [-0.25, -0.2) is 0 Å². The first-order chi connectivity index (χ1) is 11.6. The fourth-order valence-electron chi connectivity index (χ4n) is 3.03. The average molecular weight is 364 g/mol. The Labute approximate surface area is 151 Å². The van der Waals surface area contributed by atoms with E-state index in [0.717, 1.165) is 31.6 Å². The second kappa shape index (κ2) is 7.97. The topological polar surface area (TPSA) is 45.2 Å². The van der Waals surface area contributed by atoms with E-state index < -0.39 is 0 Å². The van der Waals surface area contributed by atoms with Crippen LogP contribution in [0.2, 0.25) is 10.0 Å². The molecule has 1 aromatic carbocycles. The van der Waals surface area contributed by atoms with Gasteiger partial charge in [0.2, 0.25) is 5.91 Å². The summed E-state index contributed by atoms with van der Waals surface area (Å²) in [5.74, 6) is 0.432. The zero-order valence-corrected chi connectivity index (χ0v) is 14.7. The van der Waals surface area contributed by atoms with Gasteiger partial charge in [-0.2, -0.15) is 0 Å². The van der Waals surface area contributed by atoms with Crippen LogP contribution in [-0.4, -0.2) is 35.4 Å². The molecule has 0 bridgehead atoms. The lowest BCUT2D eigenvalue weighted by molar-refractivity contribution is -0.117. The Balaban J connectivity index is 1.50. The number of carbonyl (C=O) groups is 1. The maximum absolute atomic E-state index is 12.2. The number of amides is 1. The number of rotatable bonds is 4. The van der Waals surface area contributed by atoms with Crippen LogP contribution in [-0.2, 0) is 4.79 Å². The monoisotopic (exact) mass is 363 g/mol. The highest BCUT2D eigenvalue weighted by molar-refractivity contribution is 6.35. The fourth-order valence-corrected chi connectivity index (χ4v) is 3.56. The molecule has 2 aromatic rings. The Morgan fingerprint density at radius 3 is 2.50 bits per heavy atom. The molecule has 24 heavy (non-hydrogen) atoms. The molecule has 1 N–H and O–H groups in total. The van der Waals surface area contributed by atoms with Crippen molar-refractivity contribution < 1.29 is 4.79 Å². The van der Waals surface area contributed by atoms with Crippen LogP contribution in [0.4, 0.5) is 5.69 Å². The van der Waals surface area contributed by atoms with Crippen molar-refractivity contribution in [2.45, 2.75) is 18.8 Å². The van der Waals surface area contributed by atoms with E-state index in [1.807, 2.05) is 18.3 Å². The van der Waals surface area contributed by atoms with Crippen molar-refractivity contribution in [1.29, 1.82) is 0 Å². The number of anilines is 1. The second-order valence-corrected chi connectivity index (χ2v) is 6.88. The lowest BCUT2D eigenvalue weighted by atomic mass is 9.93. The normalized spacial score (nSPS) is 16.1. The number of benzene rings is 1.